The summed E-state index contributed by atoms with van der Waals surface area (Å²) in [5.74, 6) is 0.0626. The lowest BCUT2D eigenvalue weighted by Gasteiger charge is -2.34. The summed E-state index contributed by atoms with van der Waals surface area (Å²) in [6.07, 6.45) is 0.869. The summed E-state index contributed by atoms with van der Waals surface area (Å²) >= 11 is 3.46. The molecule has 51 heavy (non-hydrogen) atoms. The summed E-state index contributed by atoms with van der Waals surface area (Å²) in [7, 11) is 1.21. The maximum atomic E-state index is 14.9. The Morgan fingerprint density at radius 2 is 1.43 bits per heavy atom. The molecule has 13 heteroatoms. The zero-order valence-electron chi connectivity index (χ0n) is 29.6. The predicted octanol–water partition coefficient (Wildman–Crippen LogP) is 6.23. The van der Waals surface area contributed by atoms with Gasteiger partial charge in [-0.05, 0) is 60.9 Å². The minimum absolute atomic E-state index is 0.0248. The van der Waals surface area contributed by atoms with Crippen LogP contribution in [0.4, 0.5) is 5.69 Å². The van der Waals surface area contributed by atoms with Gasteiger partial charge in [-0.2, -0.15) is 0 Å². The van der Waals surface area contributed by atoms with Gasteiger partial charge in [0.25, 0.3) is 10.0 Å². The van der Waals surface area contributed by atoms with Gasteiger partial charge in [-0.25, -0.2) is 8.42 Å². The number of sulfonamides is 1. The topological polar surface area (TPSA) is 124 Å². The number of carbonyl (C=O) groups is 2. The second-order valence-corrected chi connectivity index (χ2v) is 14.5. The van der Waals surface area contributed by atoms with E-state index >= 15 is 0 Å². The van der Waals surface area contributed by atoms with Crippen LogP contribution in [-0.4, -0.2) is 72.2 Å². The van der Waals surface area contributed by atoms with Crippen molar-refractivity contribution >= 4 is 43.5 Å². The third kappa shape index (κ3) is 9.73. The molecule has 272 valence electrons. The molecule has 0 bridgehead atoms. The van der Waals surface area contributed by atoms with Crippen LogP contribution in [-0.2, 0) is 32.6 Å². The maximum Gasteiger partial charge on any atom is 0.265 e. The minimum Gasteiger partial charge on any atom is -0.497 e. The van der Waals surface area contributed by atoms with Gasteiger partial charge in [0, 0.05) is 35.6 Å². The largest absolute Gasteiger partial charge is 0.497 e. The fraction of sp³-hybridized carbons (Fsp3) is 0.316. The molecule has 0 aliphatic rings. The second kappa shape index (κ2) is 18.0. The van der Waals surface area contributed by atoms with Crippen molar-refractivity contribution in [1.29, 1.82) is 0 Å². The van der Waals surface area contributed by atoms with Crippen LogP contribution in [0.15, 0.2) is 100 Å². The summed E-state index contributed by atoms with van der Waals surface area (Å²) in [5, 5.41) is 3.04. The van der Waals surface area contributed by atoms with E-state index in [2.05, 4.69) is 21.2 Å². The molecule has 0 unspecified atom stereocenters. The van der Waals surface area contributed by atoms with E-state index in [0.717, 1.165) is 19.9 Å². The van der Waals surface area contributed by atoms with Crippen LogP contribution in [0.1, 0.15) is 31.4 Å². The second-order valence-electron chi connectivity index (χ2n) is 11.7. The van der Waals surface area contributed by atoms with Gasteiger partial charge in [0.1, 0.15) is 24.1 Å². The van der Waals surface area contributed by atoms with Crippen LogP contribution >= 0.6 is 15.9 Å². The van der Waals surface area contributed by atoms with Gasteiger partial charge in [-0.3, -0.25) is 13.9 Å². The zero-order chi connectivity index (χ0) is 37.1. The lowest BCUT2D eigenvalue weighted by atomic mass is 10.0. The highest BCUT2D eigenvalue weighted by Gasteiger charge is 2.36. The number of hydrogen-bond acceptors (Lipinski definition) is 8. The van der Waals surface area contributed by atoms with Crippen LogP contribution in [0.5, 0.6) is 23.0 Å². The van der Waals surface area contributed by atoms with E-state index in [4.69, 9.17) is 18.9 Å². The van der Waals surface area contributed by atoms with Gasteiger partial charge in [0.2, 0.25) is 11.8 Å². The lowest BCUT2D eigenvalue weighted by molar-refractivity contribution is -0.140. The normalized spacial score (nSPS) is 12.3. The summed E-state index contributed by atoms with van der Waals surface area (Å²) in [6.45, 7) is 3.20. The van der Waals surface area contributed by atoms with Gasteiger partial charge in [-0.1, -0.05) is 65.3 Å². The fourth-order valence-electron chi connectivity index (χ4n) is 5.39. The molecule has 0 aliphatic heterocycles. The first-order chi connectivity index (χ1) is 24.4. The van der Waals surface area contributed by atoms with Gasteiger partial charge < -0.3 is 29.2 Å². The first kappa shape index (κ1) is 39.0. The van der Waals surface area contributed by atoms with E-state index in [-0.39, 0.29) is 47.0 Å². The molecule has 2 amide bonds. The first-order valence-electron chi connectivity index (χ1n) is 16.3. The number of halogens is 1. The highest BCUT2D eigenvalue weighted by atomic mass is 79.9. The predicted molar refractivity (Wildman–Crippen MR) is 200 cm³/mol. The molecule has 2 atom stereocenters. The van der Waals surface area contributed by atoms with E-state index in [9.17, 15) is 18.0 Å². The van der Waals surface area contributed by atoms with E-state index < -0.39 is 28.5 Å². The average molecular weight is 783 g/mol. The number of anilines is 1. The molecule has 0 fully saturated rings. The molecule has 4 rings (SSSR count). The molecule has 0 heterocycles. The number of amides is 2. The maximum absolute atomic E-state index is 14.9. The standard InChI is InChI=1S/C38H44BrN3O8S/c1-7-26(2)40-38(44)33(21-27-11-9-8-10-12-27)41(24-28-13-15-29(39)16-14-28)37(43)25-42(32-22-30(47-3)17-19-34(32)48-4)51(45,46)31-18-20-35(49-5)36(23-31)50-6/h8-20,22-23,26,33H,7,21,24-25H2,1-6H3,(H,40,44)/t26-,33-/m0/s1. The number of nitrogens with zero attached hydrogens (tertiary/aromatic N) is 2. The van der Waals surface area contributed by atoms with Crippen LogP contribution in [0, 0.1) is 0 Å². The Morgan fingerprint density at radius 3 is 2.04 bits per heavy atom. The van der Waals surface area contributed by atoms with Gasteiger partial charge >= 0.3 is 0 Å². The van der Waals surface area contributed by atoms with Crippen LogP contribution in [0.2, 0.25) is 0 Å². The molecule has 11 nitrogen and oxygen atoms in total. The van der Waals surface area contributed by atoms with Gasteiger partial charge in [-0.15, -0.1) is 0 Å². The Labute approximate surface area is 308 Å². The molecular formula is C38H44BrN3O8S. The number of ether oxygens (including phenoxy) is 4. The van der Waals surface area contributed by atoms with Crippen molar-refractivity contribution in [1.82, 2.24) is 10.2 Å². The van der Waals surface area contributed by atoms with E-state index in [1.807, 2.05) is 68.4 Å². The Hall–Kier alpha value is -4.75. The number of hydrogen-bond donors (Lipinski definition) is 1. The first-order valence-corrected chi connectivity index (χ1v) is 18.5. The van der Waals surface area contributed by atoms with Crippen molar-refractivity contribution < 1.29 is 37.0 Å². The third-order valence-corrected chi connectivity index (χ3v) is 10.7. The van der Waals surface area contributed by atoms with E-state index in [0.29, 0.717) is 17.9 Å². The molecule has 0 spiro atoms. The molecule has 0 aliphatic carbocycles. The van der Waals surface area contributed by atoms with E-state index in [1.165, 1.54) is 57.6 Å². The zero-order valence-corrected chi connectivity index (χ0v) is 32.0. The summed E-state index contributed by atoms with van der Waals surface area (Å²) in [4.78, 5) is 30.2. The highest BCUT2D eigenvalue weighted by Crippen LogP contribution is 2.38. The van der Waals surface area contributed by atoms with Gasteiger partial charge in [0.05, 0.1) is 39.0 Å². The summed E-state index contributed by atoms with van der Waals surface area (Å²) in [5.41, 5.74) is 1.64. The Morgan fingerprint density at radius 1 is 0.784 bits per heavy atom. The van der Waals surface area contributed by atoms with Crippen molar-refractivity contribution in [3.8, 4) is 23.0 Å². The number of rotatable bonds is 17. The average Bonchev–Trinajstić information content (AvgIpc) is 3.15. The molecule has 1 N–H and O–H groups in total. The number of nitrogens with one attached hydrogen (secondary N) is 1. The molecule has 4 aromatic carbocycles. The van der Waals surface area contributed by atoms with Crippen molar-refractivity contribution in [2.24, 2.45) is 0 Å². The molecule has 4 aromatic rings. The summed E-state index contributed by atoms with van der Waals surface area (Å²) < 4.78 is 53.0. The Kier molecular flexibility index (Phi) is 13.7. The lowest BCUT2D eigenvalue weighted by Crippen LogP contribution is -2.54. The van der Waals surface area contributed by atoms with Crippen molar-refractivity contribution in [2.45, 2.75) is 50.2 Å². The van der Waals surface area contributed by atoms with Gasteiger partial charge in [0.15, 0.2) is 11.5 Å². The minimum atomic E-state index is -4.50. The Bertz CT molecular complexity index is 1890. The highest BCUT2D eigenvalue weighted by molar-refractivity contribution is 9.10. The van der Waals surface area contributed by atoms with Crippen molar-refractivity contribution in [3.05, 3.63) is 107 Å². The molecule has 0 saturated heterocycles. The smallest absolute Gasteiger partial charge is 0.265 e. The molecule has 0 saturated carbocycles. The van der Waals surface area contributed by atoms with Crippen LogP contribution in [0.25, 0.3) is 0 Å². The fourth-order valence-corrected chi connectivity index (χ4v) is 7.09. The Balaban J connectivity index is 1.90. The van der Waals surface area contributed by atoms with Crippen LogP contribution < -0.4 is 28.6 Å². The van der Waals surface area contributed by atoms with Crippen LogP contribution in [0.3, 0.4) is 0 Å². The number of methoxy groups -OCH3 is 4. The summed E-state index contributed by atoms with van der Waals surface area (Å²) in [6, 6.07) is 24.5. The van der Waals surface area contributed by atoms with Crippen molar-refractivity contribution in [2.75, 3.05) is 39.3 Å². The molecular weight excluding hydrogens is 738 g/mol. The van der Waals surface area contributed by atoms with E-state index in [1.54, 1.807) is 12.1 Å². The third-order valence-electron chi connectivity index (χ3n) is 8.41. The quantitative estimate of drug-likeness (QED) is 0.134. The monoisotopic (exact) mass is 781 g/mol. The van der Waals surface area contributed by atoms with Crippen molar-refractivity contribution in [3.63, 3.8) is 0 Å². The SMILES string of the molecule is CC[C@H](C)NC(=O)[C@H](Cc1ccccc1)N(Cc1ccc(Br)cc1)C(=O)CN(c1cc(OC)ccc1OC)S(=O)(=O)c1ccc(OC)c(OC)c1. The molecule has 0 radical (unpaired) electrons. The number of benzene rings is 4. The molecule has 0 aromatic heterocycles. The number of carbonyl (C=O) groups excluding carboxylic acids is 2.